The minimum atomic E-state index is -0.704. The van der Waals surface area contributed by atoms with E-state index in [1.165, 1.54) is 0 Å². The molecule has 4 nitrogen and oxygen atoms in total. The topological polar surface area (TPSA) is 57.6 Å². The minimum Gasteiger partial charge on any atom is -0.481 e. The van der Waals surface area contributed by atoms with Crippen LogP contribution in [-0.4, -0.2) is 35.0 Å². The van der Waals surface area contributed by atoms with Crippen LogP contribution in [0.15, 0.2) is 11.6 Å². The Hall–Kier alpha value is -1.32. The molecule has 82 valence electrons. The Morgan fingerprint density at radius 1 is 1.47 bits per heavy atom. The maximum Gasteiger partial charge on any atom is 0.313 e. The second-order valence-corrected chi connectivity index (χ2v) is 4.33. The summed E-state index contributed by atoms with van der Waals surface area (Å²) in [5, 5.41) is 9.11. The van der Waals surface area contributed by atoms with Crippen LogP contribution in [0.5, 0.6) is 0 Å². The van der Waals surface area contributed by atoms with Gasteiger partial charge in [0, 0.05) is 20.0 Å². The minimum absolute atomic E-state index is 0.0606. The first kappa shape index (κ1) is 10.2. The molecule has 1 amide bonds. The molecule has 0 radical (unpaired) electrons. The lowest BCUT2D eigenvalue weighted by Gasteiger charge is -2.27. The van der Waals surface area contributed by atoms with Crippen LogP contribution < -0.4 is 0 Å². The van der Waals surface area contributed by atoms with Gasteiger partial charge in [-0.1, -0.05) is 11.6 Å². The number of carboxylic acid groups (broad SMARTS) is 1. The van der Waals surface area contributed by atoms with Gasteiger partial charge in [-0.25, -0.2) is 0 Å². The molecule has 0 atom stereocenters. The summed E-state index contributed by atoms with van der Waals surface area (Å²) in [5.74, 6) is -0.643. The standard InChI is InChI=1S/C11H15NO3/c1-8(13)12-6-2-9(3-7-12)11(4-5-11)10(14)15/h2H,3-7H2,1H3,(H,14,15). The van der Waals surface area contributed by atoms with E-state index in [1.807, 2.05) is 6.08 Å². The lowest BCUT2D eigenvalue weighted by molar-refractivity contribution is -0.141. The van der Waals surface area contributed by atoms with Crippen molar-refractivity contribution in [3.8, 4) is 0 Å². The molecule has 2 aliphatic rings. The highest BCUT2D eigenvalue weighted by atomic mass is 16.4. The van der Waals surface area contributed by atoms with E-state index < -0.39 is 11.4 Å². The average molecular weight is 209 g/mol. The highest BCUT2D eigenvalue weighted by molar-refractivity contribution is 5.82. The second-order valence-electron chi connectivity index (χ2n) is 4.33. The fourth-order valence-corrected chi connectivity index (χ4v) is 2.19. The molecule has 0 unspecified atom stereocenters. The molecular formula is C11H15NO3. The summed E-state index contributed by atoms with van der Waals surface area (Å²) < 4.78 is 0. The summed E-state index contributed by atoms with van der Waals surface area (Å²) in [5.41, 5.74) is 0.454. The highest BCUT2D eigenvalue weighted by Gasteiger charge is 2.53. The highest BCUT2D eigenvalue weighted by Crippen LogP contribution is 2.53. The molecule has 2 rings (SSSR count). The van der Waals surface area contributed by atoms with E-state index in [4.69, 9.17) is 5.11 Å². The molecule has 1 fully saturated rings. The zero-order chi connectivity index (χ0) is 11.1. The largest absolute Gasteiger partial charge is 0.481 e. The fourth-order valence-electron chi connectivity index (χ4n) is 2.19. The van der Waals surface area contributed by atoms with Gasteiger partial charge < -0.3 is 10.0 Å². The zero-order valence-corrected chi connectivity index (χ0v) is 8.82. The molecule has 0 aromatic heterocycles. The van der Waals surface area contributed by atoms with Crippen molar-refractivity contribution in [3.63, 3.8) is 0 Å². The predicted molar refractivity (Wildman–Crippen MR) is 54.3 cm³/mol. The Balaban J connectivity index is 2.08. The molecule has 0 aromatic rings. The van der Waals surface area contributed by atoms with E-state index in [2.05, 4.69) is 0 Å². The summed E-state index contributed by atoms with van der Waals surface area (Å²) >= 11 is 0. The smallest absolute Gasteiger partial charge is 0.313 e. The van der Waals surface area contributed by atoms with Crippen LogP contribution in [0, 0.1) is 5.41 Å². The van der Waals surface area contributed by atoms with E-state index in [9.17, 15) is 9.59 Å². The van der Waals surface area contributed by atoms with Gasteiger partial charge in [0.2, 0.25) is 5.91 Å². The Morgan fingerprint density at radius 2 is 2.13 bits per heavy atom. The third-order valence-electron chi connectivity index (χ3n) is 3.43. The van der Waals surface area contributed by atoms with Crippen molar-refractivity contribution in [2.75, 3.05) is 13.1 Å². The Labute approximate surface area is 88.6 Å². The van der Waals surface area contributed by atoms with Crippen molar-refractivity contribution < 1.29 is 14.7 Å². The Kier molecular flexibility index (Phi) is 2.29. The van der Waals surface area contributed by atoms with E-state index >= 15 is 0 Å². The van der Waals surface area contributed by atoms with E-state index in [1.54, 1.807) is 11.8 Å². The maximum atomic E-state index is 11.1. The number of amides is 1. The van der Waals surface area contributed by atoms with Gasteiger partial charge in [0.05, 0.1) is 5.41 Å². The van der Waals surface area contributed by atoms with E-state index in [-0.39, 0.29) is 5.91 Å². The SMILES string of the molecule is CC(=O)N1CC=C(C2(C(=O)O)CC2)CC1. The molecule has 1 saturated carbocycles. The van der Waals surface area contributed by atoms with Crippen molar-refractivity contribution >= 4 is 11.9 Å². The van der Waals surface area contributed by atoms with Crippen molar-refractivity contribution in [1.82, 2.24) is 4.90 Å². The Morgan fingerprint density at radius 3 is 2.47 bits per heavy atom. The van der Waals surface area contributed by atoms with E-state index in [0.29, 0.717) is 19.5 Å². The van der Waals surface area contributed by atoms with Crippen LogP contribution in [-0.2, 0) is 9.59 Å². The normalized spacial score (nSPS) is 23.3. The van der Waals surface area contributed by atoms with Gasteiger partial charge in [-0.05, 0) is 19.3 Å². The van der Waals surface area contributed by atoms with E-state index in [0.717, 1.165) is 18.4 Å². The third kappa shape index (κ3) is 1.64. The monoisotopic (exact) mass is 209 g/mol. The van der Waals surface area contributed by atoms with Crippen LogP contribution in [0.25, 0.3) is 0 Å². The summed E-state index contributed by atoms with van der Waals surface area (Å²) in [6.45, 7) is 2.78. The molecular weight excluding hydrogens is 194 g/mol. The van der Waals surface area contributed by atoms with Gasteiger partial charge in [-0.2, -0.15) is 0 Å². The van der Waals surface area contributed by atoms with Gasteiger partial charge in [0.1, 0.15) is 0 Å². The number of hydrogen-bond donors (Lipinski definition) is 1. The molecule has 0 saturated heterocycles. The molecule has 0 spiro atoms. The molecule has 1 heterocycles. The molecule has 0 aromatic carbocycles. The van der Waals surface area contributed by atoms with Gasteiger partial charge >= 0.3 is 5.97 Å². The first-order valence-corrected chi connectivity index (χ1v) is 5.25. The van der Waals surface area contributed by atoms with Gasteiger partial charge in [-0.3, -0.25) is 9.59 Å². The van der Waals surface area contributed by atoms with Gasteiger partial charge in [0.25, 0.3) is 0 Å². The third-order valence-corrected chi connectivity index (χ3v) is 3.43. The molecule has 15 heavy (non-hydrogen) atoms. The van der Waals surface area contributed by atoms with Crippen LogP contribution in [0.2, 0.25) is 0 Å². The maximum absolute atomic E-state index is 11.1. The second kappa shape index (κ2) is 3.36. The quantitative estimate of drug-likeness (QED) is 0.691. The zero-order valence-electron chi connectivity index (χ0n) is 8.82. The number of hydrogen-bond acceptors (Lipinski definition) is 2. The number of rotatable bonds is 2. The van der Waals surface area contributed by atoms with Crippen molar-refractivity contribution in [3.05, 3.63) is 11.6 Å². The average Bonchev–Trinajstić information content (AvgIpc) is 2.98. The molecule has 0 bridgehead atoms. The van der Waals surface area contributed by atoms with Crippen molar-refractivity contribution in [2.45, 2.75) is 26.2 Å². The fraction of sp³-hybridized carbons (Fsp3) is 0.636. The summed E-state index contributed by atoms with van der Waals surface area (Å²) in [4.78, 5) is 23.9. The molecule has 4 heteroatoms. The van der Waals surface area contributed by atoms with Crippen molar-refractivity contribution in [2.24, 2.45) is 5.41 Å². The van der Waals surface area contributed by atoms with Gasteiger partial charge in [0.15, 0.2) is 0 Å². The lowest BCUT2D eigenvalue weighted by atomic mass is 9.90. The summed E-state index contributed by atoms with van der Waals surface area (Å²) in [7, 11) is 0. The molecule has 1 N–H and O–H groups in total. The summed E-state index contributed by atoms with van der Waals surface area (Å²) in [6.07, 6.45) is 4.15. The van der Waals surface area contributed by atoms with Crippen LogP contribution in [0.4, 0.5) is 0 Å². The number of carbonyl (C=O) groups is 2. The predicted octanol–water partition coefficient (Wildman–Crippen LogP) is 1.03. The molecule has 1 aliphatic carbocycles. The number of aliphatic carboxylic acids is 1. The Bertz CT molecular complexity index is 342. The lowest BCUT2D eigenvalue weighted by Crippen LogP contribution is -2.35. The first-order chi connectivity index (χ1) is 7.06. The number of nitrogens with zero attached hydrogens (tertiary/aromatic N) is 1. The van der Waals surface area contributed by atoms with Crippen LogP contribution in [0.3, 0.4) is 0 Å². The number of carbonyl (C=O) groups excluding carboxylic acids is 1. The summed E-state index contributed by atoms with van der Waals surface area (Å²) in [6, 6.07) is 0. The molecule has 1 aliphatic heterocycles. The van der Waals surface area contributed by atoms with Gasteiger partial charge in [-0.15, -0.1) is 0 Å². The van der Waals surface area contributed by atoms with Crippen LogP contribution >= 0.6 is 0 Å². The van der Waals surface area contributed by atoms with Crippen molar-refractivity contribution in [1.29, 1.82) is 0 Å². The number of carboxylic acids is 1. The van der Waals surface area contributed by atoms with Crippen LogP contribution in [0.1, 0.15) is 26.2 Å². The first-order valence-electron chi connectivity index (χ1n) is 5.25.